The topological polar surface area (TPSA) is 43.8 Å². The van der Waals surface area contributed by atoms with Gasteiger partial charge in [-0.25, -0.2) is 4.39 Å². The van der Waals surface area contributed by atoms with Gasteiger partial charge >= 0.3 is 0 Å². The van der Waals surface area contributed by atoms with Gasteiger partial charge in [0.05, 0.1) is 11.7 Å². The fraction of sp³-hybridized carbons (Fsp3) is 0.357. The first-order valence-electron chi connectivity index (χ1n) is 6.12. The first kappa shape index (κ1) is 12.8. The fourth-order valence-corrected chi connectivity index (χ4v) is 2.02. The Morgan fingerprint density at radius 1 is 1.39 bits per heavy atom. The van der Waals surface area contributed by atoms with Crippen LogP contribution in [-0.4, -0.2) is 9.78 Å². The molecule has 0 aliphatic rings. The number of hydrogen-bond acceptors (Lipinski definition) is 2. The lowest BCUT2D eigenvalue weighted by Gasteiger charge is -2.24. The SMILES string of the molecule is CCCn1cc(C(C)(N)c2ccccc2F)cn1. The summed E-state index contributed by atoms with van der Waals surface area (Å²) in [5.74, 6) is -0.286. The molecular weight excluding hydrogens is 229 g/mol. The second kappa shape index (κ2) is 4.90. The quantitative estimate of drug-likeness (QED) is 0.902. The summed E-state index contributed by atoms with van der Waals surface area (Å²) in [7, 11) is 0. The molecule has 4 heteroatoms. The Balaban J connectivity index is 2.38. The molecule has 0 saturated carbocycles. The zero-order chi connectivity index (χ0) is 13.2. The van der Waals surface area contributed by atoms with Crippen LogP contribution in [0.2, 0.25) is 0 Å². The number of hydrogen-bond donors (Lipinski definition) is 1. The van der Waals surface area contributed by atoms with Gasteiger partial charge in [-0.15, -0.1) is 0 Å². The van der Waals surface area contributed by atoms with Crippen LogP contribution in [0, 0.1) is 5.82 Å². The van der Waals surface area contributed by atoms with Crippen molar-refractivity contribution in [3.63, 3.8) is 0 Å². The predicted molar refractivity (Wildman–Crippen MR) is 69.6 cm³/mol. The lowest BCUT2D eigenvalue weighted by Crippen LogP contribution is -2.35. The third-order valence-electron chi connectivity index (χ3n) is 3.12. The van der Waals surface area contributed by atoms with Crippen molar-refractivity contribution in [2.45, 2.75) is 32.4 Å². The highest BCUT2D eigenvalue weighted by Gasteiger charge is 2.28. The van der Waals surface area contributed by atoms with Crippen LogP contribution in [-0.2, 0) is 12.1 Å². The van der Waals surface area contributed by atoms with Crippen molar-refractivity contribution in [3.05, 3.63) is 53.6 Å². The molecule has 0 fully saturated rings. The third kappa shape index (κ3) is 2.29. The minimum absolute atomic E-state index is 0.286. The molecule has 0 amide bonds. The standard InChI is InChI=1S/C14H18FN3/c1-3-8-18-10-11(9-17-18)14(2,16)12-6-4-5-7-13(12)15/h4-7,9-10H,3,8,16H2,1-2H3. The van der Waals surface area contributed by atoms with Gasteiger partial charge in [0.1, 0.15) is 5.82 Å². The van der Waals surface area contributed by atoms with E-state index in [0.29, 0.717) is 5.56 Å². The zero-order valence-corrected chi connectivity index (χ0v) is 10.7. The van der Waals surface area contributed by atoms with E-state index in [1.807, 2.05) is 10.9 Å². The molecule has 18 heavy (non-hydrogen) atoms. The lowest BCUT2D eigenvalue weighted by atomic mass is 9.87. The Morgan fingerprint density at radius 3 is 2.78 bits per heavy atom. The van der Waals surface area contributed by atoms with E-state index in [-0.39, 0.29) is 5.82 Å². The molecule has 2 aromatic rings. The number of aromatic nitrogens is 2. The summed E-state index contributed by atoms with van der Waals surface area (Å²) >= 11 is 0. The van der Waals surface area contributed by atoms with Crippen LogP contribution in [0.4, 0.5) is 4.39 Å². The predicted octanol–water partition coefficient (Wildman–Crippen LogP) is 2.65. The molecule has 0 spiro atoms. The molecule has 1 atom stereocenters. The number of halogens is 1. The van der Waals surface area contributed by atoms with Crippen LogP contribution in [0.5, 0.6) is 0 Å². The average molecular weight is 247 g/mol. The maximum absolute atomic E-state index is 13.8. The molecule has 2 N–H and O–H groups in total. The van der Waals surface area contributed by atoms with Gasteiger partial charge < -0.3 is 5.73 Å². The summed E-state index contributed by atoms with van der Waals surface area (Å²) < 4.78 is 15.7. The first-order valence-corrected chi connectivity index (χ1v) is 6.12. The molecule has 0 aliphatic heterocycles. The van der Waals surface area contributed by atoms with Crippen molar-refractivity contribution in [3.8, 4) is 0 Å². The Kier molecular flexibility index (Phi) is 3.48. The molecule has 1 aromatic carbocycles. The third-order valence-corrected chi connectivity index (χ3v) is 3.12. The highest BCUT2D eigenvalue weighted by molar-refractivity contribution is 5.35. The zero-order valence-electron chi connectivity index (χ0n) is 10.7. The fourth-order valence-electron chi connectivity index (χ4n) is 2.02. The van der Waals surface area contributed by atoms with Gasteiger partial charge in [-0.3, -0.25) is 4.68 Å². The van der Waals surface area contributed by atoms with Gasteiger partial charge in [-0.1, -0.05) is 25.1 Å². The summed E-state index contributed by atoms with van der Waals surface area (Å²) in [5, 5.41) is 4.24. The molecule has 0 bridgehead atoms. The molecule has 96 valence electrons. The number of nitrogens with zero attached hydrogens (tertiary/aromatic N) is 2. The van der Waals surface area contributed by atoms with Gasteiger partial charge in [-0.2, -0.15) is 5.10 Å². The molecule has 0 radical (unpaired) electrons. The Bertz CT molecular complexity index is 531. The van der Waals surface area contributed by atoms with Crippen molar-refractivity contribution in [1.29, 1.82) is 0 Å². The van der Waals surface area contributed by atoms with Crippen molar-refractivity contribution in [2.75, 3.05) is 0 Å². The second-order valence-electron chi connectivity index (χ2n) is 4.67. The van der Waals surface area contributed by atoms with E-state index in [1.165, 1.54) is 6.07 Å². The van der Waals surface area contributed by atoms with Crippen LogP contribution in [0.3, 0.4) is 0 Å². The molecule has 1 unspecified atom stereocenters. The van der Waals surface area contributed by atoms with E-state index in [9.17, 15) is 4.39 Å². The largest absolute Gasteiger partial charge is 0.318 e. The molecular formula is C14H18FN3. The van der Waals surface area contributed by atoms with Gasteiger partial charge in [0.2, 0.25) is 0 Å². The Morgan fingerprint density at radius 2 is 2.11 bits per heavy atom. The lowest BCUT2D eigenvalue weighted by molar-refractivity contribution is 0.529. The molecule has 1 heterocycles. The normalized spacial score (nSPS) is 14.4. The van der Waals surface area contributed by atoms with E-state index in [1.54, 1.807) is 31.3 Å². The minimum atomic E-state index is -0.864. The first-order chi connectivity index (χ1) is 8.55. The number of nitrogens with two attached hydrogens (primary N) is 1. The van der Waals surface area contributed by atoms with Crippen molar-refractivity contribution in [2.24, 2.45) is 5.73 Å². The van der Waals surface area contributed by atoms with Gasteiger partial charge in [0.15, 0.2) is 0 Å². The van der Waals surface area contributed by atoms with Gasteiger partial charge in [0.25, 0.3) is 0 Å². The van der Waals surface area contributed by atoms with Crippen LogP contribution in [0.25, 0.3) is 0 Å². The summed E-state index contributed by atoms with van der Waals surface area (Å²) in [6.07, 6.45) is 4.60. The number of rotatable bonds is 4. The van der Waals surface area contributed by atoms with E-state index in [0.717, 1.165) is 18.5 Å². The van der Waals surface area contributed by atoms with Crippen molar-refractivity contribution < 1.29 is 4.39 Å². The second-order valence-corrected chi connectivity index (χ2v) is 4.67. The van der Waals surface area contributed by atoms with Gasteiger partial charge in [0, 0.05) is 23.9 Å². The highest BCUT2D eigenvalue weighted by Crippen LogP contribution is 2.27. The smallest absolute Gasteiger partial charge is 0.128 e. The van der Waals surface area contributed by atoms with E-state index in [2.05, 4.69) is 12.0 Å². The molecule has 3 nitrogen and oxygen atoms in total. The van der Waals surface area contributed by atoms with Crippen LogP contribution >= 0.6 is 0 Å². The summed E-state index contributed by atoms with van der Waals surface area (Å²) in [6.45, 7) is 4.73. The Hall–Kier alpha value is -1.68. The summed E-state index contributed by atoms with van der Waals surface area (Å²) in [5.41, 5.74) is 6.72. The van der Waals surface area contributed by atoms with E-state index in [4.69, 9.17) is 5.73 Å². The maximum Gasteiger partial charge on any atom is 0.128 e. The average Bonchev–Trinajstić information content (AvgIpc) is 2.79. The van der Waals surface area contributed by atoms with Gasteiger partial charge in [-0.05, 0) is 19.4 Å². The van der Waals surface area contributed by atoms with Crippen LogP contribution < -0.4 is 5.73 Å². The summed E-state index contributed by atoms with van der Waals surface area (Å²) in [6, 6.07) is 6.60. The molecule has 1 aromatic heterocycles. The maximum atomic E-state index is 13.8. The van der Waals surface area contributed by atoms with Crippen molar-refractivity contribution in [1.82, 2.24) is 9.78 Å². The monoisotopic (exact) mass is 247 g/mol. The van der Waals surface area contributed by atoms with E-state index >= 15 is 0 Å². The number of benzene rings is 1. The Labute approximate surface area is 106 Å². The number of aryl methyl sites for hydroxylation is 1. The van der Waals surface area contributed by atoms with Crippen molar-refractivity contribution >= 4 is 0 Å². The summed E-state index contributed by atoms with van der Waals surface area (Å²) in [4.78, 5) is 0. The minimum Gasteiger partial charge on any atom is -0.318 e. The highest BCUT2D eigenvalue weighted by atomic mass is 19.1. The van der Waals surface area contributed by atoms with Crippen LogP contribution in [0.15, 0.2) is 36.7 Å². The van der Waals surface area contributed by atoms with E-state index < -0.39 is 5.54 Å². The molecule has 0 aliphatic carbocycles. The molecule has 0 saturated heterocycles. The molecule has 2 rings (SSSR count). The van der Waals surface area contributed by atoms with Crippen LogP contribution in [0.1, 0.15) is 31.4 Å².